The van der Waals surface area contributed by atoms with Crippen molar-refractivity contribution < 1.29 is 0 Å². The molecule has 0 bridgehead atoms. The van der Waals surface area contributed by atoms with E-state index < -0.39 is 0 Å². The van der Waals surface area contributed by atoms with Crippen molar-refractivity contribution >= 4 is 5.69 Å². The van der Waals surface area contributed by atoms with E-state index in [9.17, 15) is 0 Å². The molecule has 116 valence electrons. The van der Waals surface area contributed by atoms with E-state index in [1.165, 1.54) is 49.8 Å². The lowest BCUT2D eigenvalue weighted by Gasteiger charge is -2.24. The molecule has 0 heterocycles. The molecular formula is C19H30N2. The molecule has 1 aromatic rings. The van der Waals surface area contributed by atoms with Gasteiger partial charge < -0.3 is 10.2 Å². The molecule has 2 nitrogen and oxygen atoms in total. The number of anilines is 1. The Kier molecular flexibility index (Phi) is 6.31. The van der Waals surface area contributed by atoms with Crippen LogP contribution >= 0.6 is 0 Å². The number of hydrogen-bond acceptors (Lipinski definition) is 2. The molecule has 0 aliphatic heterocycles. The highest BCUT2D eigenvalue weighted by Gasteiger charge is 2.17. The molecule has 21 heavy (non-hydrogen) atoms. The maximum atomic E-state index is 3.76. The Balaban J connectivity index is 2.26. The molecule has 1 aromatic carbocycles. The molecule has 1 aliphatic rings. The minimum absolute atomic E-state index is 0.392. The van der Waals surface area contributed by atoms with Crippen LogP contribution in [0.4, 0.5) is 5.69 Å². The van der Waals surface area contributed by atoms with Crippen LogP contribution in [0, 0.1) is 0 Å². The van der Waals surface area contributed by atoms with E-state index in [4.69, 9.17) is 0 Å². The summed E-state index contributed by atoms with van der Waals surface area (Å²) in [7, 11) is 4.22. The van der Waals surface area contributed by atoms with Crippen LogP contribution in [-0.2, 0) is 0 Å². The minimum atomic E-state index is 0.392. The van der Waals surface area contributed by atoms with Crippen LogP contribution in [-0.4, -0.2) is 20.6 Å². The number of allylic oxidation sites excluding steroid dienone is 1. The predicted octanol–water partition coefficient (Wildman–Crippen LogP) is 4.68. The molecular weight excluding hydrogens is 256 g/mol. The standard InChI is InChI=1S/C19H30N2/c1-4-14-20-19(16-10-7-5-6-8-11-16)17-12-9-13-18(15-17)21(2)3/h9-10,12-13,15,19-20H,4-8,11,14H2,1-3H3. The fraction of sp³-hybridized carbons (Fsp3) is 0.579. The first-order chi connectivity index (χ1) is 10.2. The van der Waals surface area contributed by atoms with Gasteiger partial charge in [-0.15, -0.1) is 0 Å². The summed E-state index contributed by atoms with van der Waals surface area (Å²) in [5, 5.41) is 3.76. The average Bonchev–Trinajstić information content (AvgIpc) is 2.77. The Labute approximate surface area is 130 Å². The van der Waals surface area contributed by atoms with E-state index in [-0.39, 0.29) is 0 Å². The fourth-order valence-electron chi connectivity index (χ4n) is 3.04. The van der Waals surface area contributed by atoms with E-state index in [2.05, 4.69) is 61.6 Å². The van der Waals surface area contributed by atoms with Crippen molar-refractivity contribution in [3.63, 3.8) is 0 Å². The molecule has 2 heteroatoms. The highest BCUT2D eigenvalue weighted by molar-refractivity contribution is 5.49. The topological polar surface area (TPSA) is 15.3 Å². The van der Waals surface area contributed by atoms with Crippen molar-refractivity contribution in [1.29, 1.82) is 0 Å². The molecule has 0 saturated heterocycles. The highest BCUT2D eigenvalue weighted by Crippen LogP contribution is 2.30. The molecule has 1 aliphatic carbocycles. The van der Waals surface area contributed by atoms with Gasteiger partial charge in [-0.3, -0.25) is 0 Å². The van der Waals surface area contributed by atoms with Gasteiger partial charge in [0.05, 0.1) is 6.04 Å². The lowest BCUT2D eigenvalue weighted by Crippen LogP contribution is -2.24. The van der Waals surface area contributed by atoms with E-state index in [1.807, 2.05) is 0 Å². The summed E-state index contributed by atoms with van der Waals surface area (Å²) in [5.41, 5.74) is 4.28. The monoisotopic (exact) mass is 286 g/mol. The summed E-state index contributed by atoms with van der Waals surface area (Å²) in [6.45, 7) is 3.32. The summed E-state index contributed by atoms with van der Waals surface area (Å²) < 4.78 is 0. The minimum Gasteiger partial charge on any atom is -0.378 e. The molecule has 0 fully saturated rings. The second kappa shape index (κ2) is 8.23. The Bertz CT molecular complexity index is 462. The van der Waals surface area contributed by atoms with Crippen molar-refractivity contribution in [2.75, 3.05) is 25.5 Å². The van der Waals surface area contributed by atoms with Gasteiger partial charge >= 0.3 is 0 Å². The zero-order chi connectivity index (χ0) is 15.1. The van der Waals surface area contributed by atoms with Crippen LogP contribution < -0.4 is 10.2 Å². The van der Waals surface area contributed by atoms with Gasteiger partial charge in [-0.2, -0.15) is 0 Å². The maximum absolute atomic E-state index is 3.76. The van der Waals surface area contributed by atoms with Gasteiger partial charge in [-0.1, -0.05) is 37.1 Å². The molecule has 1 N–H and O–H groups in total. The van der Waals surface area contributed by atoms with Gasteiger partial charge in [0.2, 0.25) is 0 Å². The lowest BCUT2D eigenvalue weighted by atomic mass is 9.94. The van der Waals surface area contributed by atoms with Crippen LogP contribution in [0.15, 0.2) is 35.9 Å². The van der Waals surface area contributed by atoms with Gasteiger partial charge in [-0.05, 0) is 56.3 Å². The zero-order valence-electron chi connectivity index (χ0n) is 13.9. The summed E-state index contributed by atoms with van der Waals surface area (Å²) in [6.07, 6.45) is 10.2. The summed E-state index contributed by atoms with van der Waals surface area (Å²) in [4.78, 5) is 2.18. The van der Waals surface area contributed by atoms with Crippen LogP contribution in [0.5, 0.6) is 0 Å². The molecule has 0 aromatic heterocycles. The van der Waals surface area contributed by atoms with Crippen LogP contribution in [0.3, 0.4) is 0 Å². The normalized spacial score (nSPS) is 17.0. The van der Waals surface area contributed by atoms with Crippen LogP contribution in [0.25, 0.3) is 0 Å². The van der Waals surface area contributed by atoms with Crippen molar-refractivity contribution in [2.24, 2.45) is 0 Å². The van der Waals surface area contributed by atoms with E-state index in [0.717, 1.165) is 6.54 Å². The largest absolute Gasteiger partial charge is 0.378 e. The molecule has 1 unspecified atom stereocenters. The maximum Gasteiger partial charge on any atom is 0.0536 e. The van der Waals surface area contributed by atoms with Gasteiger partial charge in [0.25, 0.3) is 0 Å². The van der Waals surface area contributed by atoms with Crippen LogP contribution in [0.1, 0.15) is 57.1 Å². The molecule has 0 radical (unpaired) electrons. The Morgan fingerprint density at radius 3 is 2.81 bits per heavy atom. The average molecular weight is 286 g/mol. The third kappa shape index (κ3) is 4.60. The van der Waals surface area contributed by atoms with Crippen molar-refractivity contribution in [2.45, 2.75) is 51.5 Å². The lowest BCUT2D eigenvalue weighted by molar-refractivity contribution is 0.567. The molecule has 0 saturated carbocycles. The van der Waals surface area contributed by atoms with Crippen molar-refractivity contribution in [3.8, 4) is 0 Å². The van der Waals surface area contributed by atoms with E-state index in [1.54, 1.807) is 5.57 Å². The number of hydrogen-bond donors (Lipinski definition) is 1. The molecule has 2 rings (SSSR count). The Morgan fingerprint density at radius 1 is 1.19 bits per heavy atom. The fourth-order valence-corrected chi connectivity index (χ4v) is 3.04. The molecule has 0 spiro atoms. The van der Waals surface area contributed by atoms with E-state index in [0.29, 0.717) is 6.04 Å². The zero-order valence-corrected chi connectivity index (χ0v) is 13.9. The predicted molar refractivity (Wildman–Crippen MR) is 93.0 cm³/mol. The first kappa shape index (κ1) is 16.1. The summed E-state index contributed by atoms with van der Waals surface area (Å²) in [6, 6.07) is 9.36. The third-order valence-corrected chi connectivity index (χ3v) is 4.27. The van der Waals surface area contributed by atoms with Gasteiger partial charge in [-0.25, -0.2) is 0 Å². The third-order valence-electron chi connectivity index (χ3n) is 4.27. The van der Waals surface area contributed by atoms with Crippen LogP contribution in [0.2, 0.25) is 0 Å². The Hall–Kier alpha value is -1.28. The van der Waals surface area contributed by atoms with Gasteiger partial charge in [0.15, 0.2) is 0 Å². The molecule has 1 atom stereocenters. The van der Waals surface area contributed by atoms with Gasteiger partial charge in [0, 0.05) is 19.8 Å². The molecule has 0 amide bonds. The highest BCUT2D eigenvalue weighted by atomic mass is 15.1. The van der Waals surface area contributed by atoms with Crippen molar-refractivity contribution in [3.05, 3.63) is 41.5 Å². The Morgan fingerprint density at radius 2 is 2.05 bits per heavy atom. The summed E-state index contributed by atoms with van der Waals surface area (Å²) in [5.74, 6) is 0. The summed E-state index contributed by atoms with van der Waals surface area (Å²) >= 11 is 0. The number of nitrogens with zero attached hydrogens (tertiary/aromatic N) is 1. The quantitative estimate of drug-likeness (QED) is 0.764. The first-order valence-corrected chi connectivity index (χ1v) is 8.42. The van der Waals surface area contributed by atoms with E-state index >= 15 is 0 Å². The smallest absolute Gasteiger partial charge is 0.0536 e. The van der Waals surface area contributed by atoms with Gasteiger partial charge in [0.1, 0.15) is 0 Å². The van der Waals surface area contributed by atoms with Crippen molar-refractivity contribution in [1.82, 2.24) is 5.32 Å². The number of rotatable bonds is 6. The number of nitrogens with one attached hydrogen (secondary N) is 1. The SMILES string of the molecule is CCCNC(C1=CCCCCC1)c1cccc(N(C)C)c1. The second-order valence-electron chi connectivity index (χ2n) is 6.25. The first-order valence-electron chi connectivity index (χ1n) is 8.42. The second-order valence-corrected chi connectivity index (χ2v) is 6.25. The number of benzene rings is 1.